The van der Waals surface area contributed by atoms with Crippen LogP contribution in [0.4, 0.5) is 10.6 Å². The second-order valence-electron chi connectivity index (χ2n) is 5.74. The van der Waals surface area contributed by atoms with E-state index in [0.29, 0.717) is 30.2 Å². The molecule has 0 radical (unpaired) electrons. The molecule has 4 rings (SSSR count). The van der Waals surface area contributed by atoms with Crippen molar-refractivity contribution in [1.29, 1.82) is 0 Å². The Morgan fingerprint density at radius 3 is 3.12 bits per heavy atom. The molecule has 4 heterocycles. The second-order valence-corrected chi connectivity index (χ2v) is 6.65. The molecule has 1 saturated heterocycles. The van der Waals surface area contributed by atoms with E-state index in [4.69, 9.17) is 5.11 Å². The van der Waals surface area contributed by atoms with Crippen LogP contribution in [0.5, 0.6) is 0 Å². The van der Waals surface area contributed by atoms with Crippen LogP contribution in [0.1, 0.15) is 6.42 Å². The molecule has 0 aliphatic carbocycles. The molecular formula is C14H14BrN7O2. The summed E-state index contributed by atoms with van der Waals surface area (Å²) in [4.78, 5) is 23.5. The maximum absolute atomic E-state index is 11.2. The molecule has 1 fully saturated rings. The summed E-state index contributed by atoms with van der Waals surface area (Å²) in [5, 5.41) is 17.3. The van der Waals surface area contributed by atoms with Gasteiger partial charge in [0, 0.05) is 30.8 Å². The Bertz CT molecular complexity index is 943. The minimum Gasteiger partial charge on any atom is -0.465 e. The number of carboxylic acid groups (broad SMARTS) is 1. The zero-order chi connectivity index (χ0) is 16.8. The van der Waals surface area contributed by atoms with E-state index in [0.717, 1.165) is 16.4 Å². The van der Waals surface area contributed by atoms with Crippen LogP contribution < -0.4 is 4.90 Å². The van der Waals surface area contributed by atoms with E-state index in [1.54, 1.807) is 19.6 Å². The Morgan fingerprint density at radius 2 is 2.33 bits per heavy atom. The highest BCUT2D eigenvalue weighted by Gasteiger charge is 2.30. The van der Waals surface area contributed by atoms with Gasteiger partial charge in [-0.05, 0) is 28.4 Å². The molecule has 124 valence electrons. The van der Waals surface area contributed by atoms with Crippen LogP contribution in [0.2, 0.25) is 0 Å². The third kappa shape index (κ3) is 2.33. The normalized spacial score (nSPS) is 17.8. The average molecular weight is 392 g/mol. The highest BCUT2D eigenvalue weighted by molar-refractivity contribution is 9.10. The van der Waals surface area contributed by atoms with Crippen molar-refractivity contribution >= 4 is 44.7 Å². The molecule has 3 aromatic heterocycles. The van der Waals surface area contributed by atoms with Crippen molar-refractivity contribution in [3.8, 4) is 0 Å². The predicted molar refractivity (Wildman–Crippen MR) is 90.2 cm³/mol. The molecule has 0 aromatic carbocycles. The summed E-state index contributed by atoms with van der Waals surface area (Å²) in [7, 11) is 1.59. The Kier molecular flexibility index (Phi) is 3.48. The van der Waals surface area contributed by atoms with Crippen LogP contribution in [-0.2, 0) is 0 Å². The molecule has 0 bridgehead atoms. The molecule has 1 atom stereocenters. The number of amides is 1. The van der Waals surface area contributed by atoms with Gasteiger partial charge in [0.1, 0.15) is 6.33 Å². The zero-order valence-corrected chi connectivity index (χ0v) is 14.4. The summed E-state index contributed by atoms with van der Waals surface area (Å²) in [5.41, 5.74) is 2.04. The standard InChI is InChI=1S/C14H14BrN7O2/c1-20(14(23)24)9-2-3-21(6-9)12-13-19-17-7-22(13)10-4-8(15)5-16-11(10)18-12/h4-5,7,9H,2-3,6H2,1H3,(H,23,24). The molecule has 0 spiro atoms. The molecule has 1 unspecified atom stereocenters. The van der Waals surface area contributed by atoms with Gasteiger partial charge < -0.3 is 14.9 Å². The van der Waals surface area contributed by atoms with Crippen LogP contribution in [0, 0.1) is 0 Å². The van der Waals surface area contributed by atoms with Crippen LogP contribution in [0.3, 0.4) is 0 Å². The largest absolute Gasteiger partial charge is 0.465 e. The molecule has 3 aromatic rings. The first-order valence-electron chi connectivity index (χ1n) is 7.40. The number of nitrogens with zero attached hydrogens (tertiary/aromatic N) is 7. The Morgan fingerprint density at radius 1 is 1.50 bits per heavy atom. The quantitative estimate of drug-likeness (QED) is 0.708. The van der Waals surface area contributed by atoms with Crippen molar-refractivity contribution in [2.75, 3.05) is 25.0 Å². The average Bonchev–Trinajstić information content (AvgIpc) is 3.23. The van der Waals surface area contributed by atoms with E-state index in [9.17, 15) is 4.79 Å². The third-order valence-electron chi connectivity index (χ3n) is 4.35. The zero-order valence-electron chi connectivity index (χ0n) is 12.8. The Balaban J connectivity index is 1.78. The predicted octanol–water partition coefficient (Wildman–Crippen LogP) is 1.62. The third-order valence-corrected chi connectivity index (χ3v) is 4.78. The SMILES string of the molecule is CN(C(=O)O)C1CCN(c2nc3ncc(Br)cc3n3cnnc23)C1. The topological polar surface area (TPSA) is 99.8 Å². The molecular weight excluding hydrogens is 378 g/mol. The molecule has 9 nitrogen and oxygen atoms in total. The number of halogens is 1. The summed E-state index contributed by atoms with van der Waals surface area (Å²) in [6, 6.07) is 1.85. The molecule has 1 amide bonds. The summed E-state index contributed by atoms with van der Waals surface area (Å²) in [6.45, 7) is 1.28. The number of fused-ring (bicyclic) bond motifs is 3. The van der Waals surface area contributed by atoms with Crippen LogP contribution in [0.25, 0.3) is 16.8 Å². The number of aromatic nitrogens is 5. The van der Waals surface area contributed by atoms with Gasteiger partial charge in [-0.15, -0.1) is 10.2 Å². The van der Waals surface area contributed by atoms with Crippen molar-refractivity contribution < 1.29 is 9.90 Å². The summed E-state index contributed by atoms with van der Waals surface area (Å²) in [6.07, 6.45) is 3.15. The van der Waals surface area contributed by atoms with Crippen molar-refractivity contribution in [3.05, 3.63) is 23.1 Å². The van der Waals surface area contributed by atoms with Gasteiger partial charge in [0.15, 0.2) is 11.5 Å². The summed E-state index contributed by atoms with van der Waals surface area (Å²) >= 11 is 3.41. The number of pyridine rings is 1. The van der Waals surface area contributed by atoms with Crippen molar-refractivity contribution in [2.24, 2.45) is 0 Å². The van der Waals surface area contributed by atoms with Gasteiger partial charge in [0.05, 0.1) is 11.6 Å². The van der Waals surface area contributed by atoms with E-state index in [1.165, 1.54) is 4.90 Å². The minimum absolute atomic E-state index is 0.0687. The lowest BCUT2D eigenvalue weighted by Crippen LogP contribution is -2.38. The van der Waals surface area contributed by atoms with E-state index in [1.807, 2.05) is 15.4 Å². The fourth-order valence-electron chi connectivity index (χ4n) is 3.02. The lowest BCUT2D eigenvalue weighted by atomic mass is 10.2. The maximum Gasteiger partial charge on any atom is 0.407 e. The molecule has 1 aliphatic heterocycles. The number of rotatable bonds is 2. The molecule has 1 aliphatic rings. The van der Waals surface area contributed by atoms with Crippen molar-refractivity contribution in [1.82, 2.24) is 29.5 Å². The molecule has 0 saturated carbocycles. The summed E-state index contributed by atoms with van der Waals surface area (Å²) in [5.74, 6) is 0.677. The van der Waals surface area contributed by atoms with Crippen LogP contribution in [0.15, 0.2) is 23.1 Å². The van der Waals surface area contributed by atoms with Crippen molar-refractivity contribution in [2.45, 2.75) is 12.5 Å². The summed E-state index contributed by atoms with van der Waals surface area (Å²) < 4.78 is 2.70. The second kappa shape index (κ2) is 5.55. The number of likely N-dealkylation sites (N-methyl/N-ethyl adjacent to an activating group) is 1. The number of hydrogen-bond donors (Lipinski definition) is 1. The van der Waals surface area contributed by atoms with Gasteiger partial charge in [0.2, 0.25) is 5.65 Å². The van der Waals surface area contributed by atoms with E-state index >= 15 is 0 Å². The number of anilines is 1. The van der Waals surface area contributed by atoms with Crippen molar-refractivity contribution in [3.63, 3.8) is 0 Å². The van der Waals surface area contributed by atoms with Gasteiger partial charge in [-0.1, -0.05) is 0 Å². The van der Waals surface area contributed by atoms with Gasteiger partial charge in [-0.3, -0.25) is 4.40 Å². The van der Waals surface area contributed by atoms with Gasteiger partial charge in [-0.25, -0.2) is 14.8 Å². The van der Waals surface area contributed by atoms with E-state index in [2.05, 4.69) is 36.1 Å². The molecule has 1 N–H and O–H groups in total. The molecule has 24 heavy (non-hydrogen) atoms. The van der Waals surface area contributed by atoms with E-state index in [-0.39, 0.29) is 6.04 Å². The lowest BCUT2D eigenvalue weighted by Gasteiger charge is -2.22. The fourth-order valence-corrected chi connectivity index (χ4v) is 3.34. The number of hydrogen-bond acceptors (Lipinski definition) is 6. The first-order valence-corrected chi connectivity index (χ1v) is 8.19. The first-order chi connectivity index (χ1) is 11.5. The first kappa shape index (κ1) is 15.1. The highest BCUT2D eigenvalue weighted by atomic mass is 79.9. The fraction of sp³-hybridized carbons (Fsp3) is 0.357. The number of carbonyl (C=O) groups is 1. The monoisotopic (exact) mass is 391 g/mol. The van der Waals surface area contributed by atoms with Gasteiger partial charge in [0.25, 0.3) is 0 Å². The van der Waals surface area contributed by atoms with Gasteiger partial charge >= 0.3 is 6.09 Å². The Labute approximate surface area is 145 Å². The molecule has 10 heteroatoms. The maximum atomic E-state index is 11.2. The van der Waals surface area contributed by atoms with E-state index < -0.39 is 6.09 Å². The lowest BCUT2D eigenvalue weighted by molar-refractivity contribution is 0.142. The minimum atomic E-state index is -0.924. The van der Waals surface area contributed by atoms with Crippen LogP contribution >= 0.6 is 15.9 Å². The van der Waals surface area contributed by atoms with Gasteiger partial charge in [-0.2, -0.15) is 0 Å². The van der Waals surface area contributed by atoms with Crippen LogP contribution in [-0.4, -0.2) is 66.8 Å². The highest BCUT2D eigenvalue weighted by Crippen LogP contribution is 2.27. The Hall–Kier alpha value is -2.49. The smallest absolute Gasteiger partial charge is 0.407 e.